The highest BCUT2D eigenvalue weighted by molar-refractivity contribution is 5.92. The SMILES string of the molecule is CC(C)CC(NC(=O)OC(C)(C)C)C(=O)N(CC#N)C(C(=O)NC(C)C)c1ccccc1. The highest BCUT2D eigenvalue weighted by Crippen LogP contribution is 2.23. The maximum absolute atomic E-state index is 13.6. The van der Waals surface area contributed by atoms with Crippen LogP contribution in [0.25, 0.3) is 0 Å². The summed E-state index contributed by atoms with van der Waals surface area (Å²) in [5.74, 6) is -0.836. The number of hydrogen-bond donors (Lipinski definition) is 2. The van der Waals surface area contributed by atoms with Gasteiger partial charge in [0.15, 0.2) is 0 Å². The standard InChI is InChI=1S/C24H36N4O4/c1-16(2)15-19(27-23(31)32-24(5,6)7)22(30)28(14-13-25)20(21(29)26-17(3)4)18-11-9-8-10-12-18/h8-12,16-17,19-20H,14-15H2,1-7H3,(H,26,29)(H,27,31). The molecule has 8 nitrogen and oxygen atoms in total. The van der Waals surface area contributed by atoms with Gasteiger partial charge in [0, 0.05) is 6.04 Å². The number of hydrogen-bond acceptors (Lipinski definition) is 5. The first-order valence-electron chi connectivity index (χ1n) is 10.9. The molecule has 0 heterocycles. The third-order valence-electron chi connectivity index (χ3n) is 4.33. The third-order valence-corrected chi connectivity index (χ3v) is 4.33. The molecule has 0 aliphatic heterocycles. The number of carbonyl (C=O) groups is 3. The molecule has 0 fully saturated rings. The molecule has 0 spiro atoms. The van der Waals surface area contributed by atoms with Gasteiger partial charge >= 0.3 is 6.09 Å². The molecule has 2 unspecified atom stereocenters. The average Bonchev–Trinajstić information content (AvgIpc) is 2.65. The van der Waals surface area contributed by atoms with Crippen molar-refractivity contribution in [1.82, 2.24) is 15.5 Å². The number of amides is 3. The maximum atomic E-state index is 13.6. The average molecular weight is 445 g/mol. The van der Waals surface area contributed by atoms with E-state index in [0.717, 1.165) is 0 Å². The van der Waals surface area contributed by atoms with E-state index in [2.05, 4.69) is 10.6 Å². The number of ether oxygens (including phenoxy) is 1. The minimum atomic E-state index is -1.01. The van der Waals surface area contributed by atoms with Crippen LogP contribution in [0.2, 0.25) is 0 Å². The number of alkyl carbamates (subject to hydrolysis) is 1. The summed E-state index contributed by atoms with van der Waals surface area (Å²) in [6.07, 6.45) is -0.399. The lowest BCUT2D eigenvalue weighted by atomic mass is 9.99. The van der Waals surface area contributed by atoms with Gasteiger partial charge < -0.3 is 20.3 Å². The van der Waals surface area contributed by atoms with Crippen molar-refractivity contribution in [2.75, 3.05) is 6.54 Å². The van der Waals surface area contributed by atoms with Crippen molar-refractivity contribution in [2.45, 2.75) is 78.6 Å². The van der Waals surface area contributed by atoms with Gasteiger partial charge in [0.25, 0.3) is 0 Å². The summed E-state index contributed by atoms with van der Waals surface area (Å²) >= 11 is 0. The van der Waals surface area contributed by atoms with E-state index >= 15 is 0 Å². The van der Waals surface area contributed by atoms with Crippen LogP contribution in [0.1, 0.15) is 66.5 Å². The first-order chi connectivity index (χ1) is 14.9. The Morgan fingerprint density at radius 2 is 1.66 bits per heavy atom. The van der Waals surface area contributed by atoms with Crippen LogP contribution in [0.15, 0.2) is 30.3 Å². The predicted molar refractivity (Wildman–Crippen MR) is 122 cm³/mol. The van der Waals surface area contributed by atoms with Gasteiger partial charge in [-0.25, -0.2) is 4.79 Å². The van der Waals surface area contributed by atoms with Crippen LogP contribution in [0.4, 0.5) is 4.79 Å². The second-order valence-electron chi connectivity index (χ2n) is 9.43. The number of nitriles is 1. The second kappa shape index (κ2) is 12.1. The molecule has 1 rings (SSSR count). The van der Waals surface area contributed by atoms with Crippen molar-refractivity contribution < 1.29 is 19.1 Å². The summed E-state index contributed by atoms with van der Waals surface area (Å²) in [7, 11) is 0. The Morgan fingerprint density at radius 1 is 1.06 bits per heavy atom. The Bertz CT molecular complexity index is 810. The minimum absolute atomic E-state index is 0.0717. The van der Waals surface area contributed by atoms with Gasteiger partial charge in [0.1, 0.15) is 24.2 Å². The molecule has 32 heavy (non-hydrogen) atoms. The van der Waals surface area contributed by atoms with Crippen molar-refractivity contribution in [3.8, 4) is 6.07 Å². The smallest absolute Gasteiger partial charge is 0.408 e. The molecule has 0 saturated carbocycles. The van der Waals surface area contributed by atoms with Crippen LogP contribution in [0.5, 0.6) is 0 Å². The number of rotatable bonds is 9. The van der Waals surface area contributed by atoms with E-state index in [1.54, 1.807) is 45.0 Å². The molecule has 1 aromatic carbocycles. The van der Waals surface area contributed by atoms with Crippen molar-refractivity contribution in [3.63, 3.8) is 0 Å². The van der Waals surface area contributed by atoms with E-state index < -0.39 is 35.6 Å². The summed E-state index contributed by atoms with van der Waals surface area (Å²) in [4.78, 5) is 40.3. The summed E-state index contributed by atoms with van der Waals surface area (Å²) in [6.45, 7) is 12.4. The summed E-state index contributed by atoms with van der Waals surface area (Å²) in [6, 6.07) is 8.69. The Balaban J connectivity index is 3.35. The second-order valence-corrected chi connectivity index (χ2v) is 9.43. The first kappa shape index (κ1) is 27.0. The molecular formula is C24H36N4O4. The normalized spacial score (nSPS) is 13.1. The molecule has 176 valence electrons. The fourth-order valence-corrected chi connectivity index (χ4v) is 3.19. The largest absolute Gasteiger partial charge is 0.444 e. The molecular weight excluding hydrogens is 408 g/mol. The molecule has 0 aliphatic carbocycles. The fourth-order valence-electron chi connectivity index (χ4n) is 3.19. The number of nitrogens with zero attached hydrogens (tertiary/aromatic N) is 2. The van der Waals surface area contributed by atoms with E-state index in [4.69, 9.17) is 4.74 Å². The van der Waals surface area contributed by atoms with Crippen molar-refractivity contribution in [3.05, 3.63) is 35.9 Å². The van der Waals surface area contributed by atoms with Gasteiger partial charge in [-0.3, -0.25) is 9.59 Å². The molecule has 0 aliphatic rings. The molecule has 0 bridgehead atoms. The van der Waals surface area contributed by atoms with Crippen LogP contribution < -0.4 is 10.6 Å². The lowest BCUT2D eigenvalue weighted by Gasteiger charge is -2.33. The summed E-state index contributed by atoms with van der Waals surface area (Å²) in [5, 5.41) is 14.9. The van der Waals surface area contributed by atoms with E-state index in [1.807, 2.05) is 39.8 Å². The van der Waals surface area contributed by atoms with E-state index in [1.165, 1.54) is 4.90 Å². The van der Waals surface area contributed by atoms with Gasteiger partial charge in [0.05, 0.1) is 6.07 Å². The molecule has 2 atom stereocenters. The Labute approximate surface area is 191 Å². The quantitative estimate of drug-likeness (QED) is 0.566. The first-order valence-corrected chi connectivity index (χ1v) is 10.9. The monoisotopic (exact) mass is 444 g/mol. The van der Waals surface area contributed by atoms with E-state index in [9.17, 15) is 19.6 Å². The van der Waals surface area contributed by atoms with Gasteiger partial charge in [-0.05, 0) is 52.5 Å². The van der Waals surface area contributed by atoms with Crippen molar-refractivity contribution >= 4 is 17.9 Å². The van der Waals surface area contributed by atoms with Crippen LogP contribution in [-0.2, 0) is 14.3 Å². The predicted octanol–water partition coefficient (Wildman–Crippen LogP) is 3.54. The Morgan fingerprint density at radius 3 is 2.12 bits per heavy atom. The zero-order chi connectivity index (χ0) is 24.5. The Hall–Kier alpha value is -3.08. The fraction of sp³-hybridized carbons (Fsp3) is 0.583. The molecule has 2 N–H and O–H groups in total. The van der Waals surface area contributed by atoms with Crippen LogP contribution in [0.3, 0.4) is 0 Å². The van der Waals surface area contributed by atoms with E-state index in [0.29, 0.717) is 12.0 Å². The van der Waals surface area contributed by atoms with Gasteiger partial charge in [-0.2, -0.15) is 5.26 Å². The maximum Gasteiger partial charge on any atom is 0.408 e. The number of nitrogens with one attached hydrogen (secondary N) is 2. The lowest BCUT2D eigenvalue weighted by molar-refractivity contribution is -0.142. The van der Waals surface area contributed by atoms with Gasteiger partial charge in [0.2, 0.25) is 11.8 Å². The zero-order valence-electron chi connectivity index (χ0n) is 20.1. The topological polar surface area (TPSA) is 112 Å². The molecule has 3 amide bonds. The summed E-state index contributed by atoms with van der Waals surface area (Å²) in [5.41, 5.74) is -0.152. The molecule has 0 saturated heterocycles. The van der Waals surface area contributed by atoms with E-state index in [-0.39, 0.29) is 18.5 Å². The number of benzene rings is 1. The minimum Gasteiger partial charge on any atom is -0.444 e. The van der Waals surface area contributed by atoms with Gasteiger partial charge in [-0.15, -0.1) is 0 Å². The van der Waals surface area contributed by atoms with Crippen LogP contribution >= 0.6 is 0 Å². The van der Waals surface area contributed by atoms with Gasteiger partial charge in [-0.1, -0.05) is 44.2 Å². The zero-order valence-corrected chi connectivity index (χ0v) is 20.1. The third kappa shape index (κ3) is 8.96. The van der Waals surface area contributed by atoms with Crippen molar-refractivity contribution in [2.24, 2.45) is 5.92 Å². The molecule has 8 heteroatoms. The number of carbonyl (C=O) groups excluding carboxylic acids is 3. The molecule has 1 aromatic rings. The van der Waals surface area contributed by atoms with Crippen LogP contribution in [0, 0.1) is 17.2 Å². The highest BCUT2D eigenvalue weighted by Gasteiger charge is 2.36. The molecule has 0 aromatic heterocycles. The lowest BCUT2D eigenvalue weighted by Crippen LogP contribution is -2.54. The Kier molecular flexibility index (Phi) is 10.2. The summed E-state index contributed by atoms with van der Waals surface area (Å²) < 4.78 is 5.32. The van der Waals surface area contributed by atoms with Crippen LogP contribution in [-0.4, -0.2) is 47.0 Å². The van der Waals surface area contributed by atoms with Crippen molar-refractivity contribution in [1.29, 1.82) is 5.26 Å². The molecule has 0 radical (unpaired) electrons. The highest BCUT2D eigenvalue weighted by atomic mass is 16.6.